The highest BCUT2D eigenvalue weighted by atomic mass is 16.3. The zero-order chi connectivity index (χ0) is 12.1. The Hall–Kier alpha value is -2.35. The maximum Gasteiger partial charge on any atom is 0.153 e. The lowest BCUT2D eigenvalue weighted by molar-refractivity contribution is 0.112. The number of aromatic hydroxyl groups is 1. The van der Waals surface area contributed by atoms with Crippen LogP contribution in [-0.2, 0) is 0 Å². The smallest absolute Gasteiger partial charge is 0.153 e. The Bertz CT molecular complexity index is 542. The third kappa shape index (κ3) is 2.82. The second kappa shape index (κ2) is 5.12. The van der Waals surface area contributed by atoms with E-state index in [-0.39, 0.29) is 5.75 Å². The first-order valence-electron chi connectivity index (χ1n) is 5.31. The zero-order valence-electron chi connectivity index (χ0n) is 9.21. The lowest BCUT2D eigenvalue weighted by Gasteiger charge is -1.98. The van der Waals surface area contributed by atoms with Gasteiger partial charge in [0.05, 0.1) is 5.56 Å². The minimum atomic E-state index is 0.0110. The second-order valence-corrected chi connectivity index (χ2v) is 3.68. The van der Waals surface area contributed by atoms with Gasteiger partial charge in [-0.25, -0.2) is 0 Å². The first kappa shape index (κ1) is 11.1. The van der Waals surface area contributed by atoms with Crippen LogP contribution < -0.4 is 0 Å². The van der Waals surface area contributed by atoms with Crippen LogP contribution in [0.15, 0.2) is 48.5 Å². The molecule has 0 saturated carbocycles. The number of phenols is 1. The molecule has 0 aliphatic heterocycles. The van der Waals surface area contributed by atoms with E-state index >= 15 is 0 Å². The van der Waals surface area contributed by atoms with Gasteiger partial charge in [-0.3, -0.25) is 4.79 Å². The van der Waals surface area contributed by atoms with E-state index in [1.54, 1.807) is 12.1 Å². The molecule has 0 atom stereocenters. The molecule has 1 N–H and O–H groups in total. The lowest BCUT2D eigenvalue weighted by Crippen LogP contribution is -1.82. The lowest BCUT2D eigenvalue weighted by atomic mass is 10.1. The highest BCUT2D eigenvalue weighted by Gasteiger charge is 1.99. The van der Waals surface area contributed by atoms with Gasteiger partial charge in [-0.15, -0.1) is 0 Å². The number of rotatable bonds is 3. The molecule has 2 rings (SSSR count). The first-order valence-corrected chi connectivity index (χ1v) is 5.31. The van der Waals surface area contributed by atoms with Gasteiger partial charge >= 0.3 is 0 Å². The molecule has 0 spiro atoms. The standard InChI is InChI=1S/C15H12O2/c16-11-14-10-13(8-9-15(14)17)7-6-12-4-2-1-3-5-12/h1-11,17H/b7-6+. The average Bonchev–Trinajstić information content (AvgIpc) is 2.39. The number of phenolic OH excluding ortho intramolecular Hbond substituents is 1. The molecule has 0 unspecified atom stereocenters. The monoisotopic (exact) mass is 224 g/mol. The number of hydrogen-bond donors (Lipinski definition) is 1. The minimum absolute atomic E-state index is 0.0110. The Labute approximate surface area is 99.8 Å². The summed E-state index contributed by atoms with van der Waals surface area (Å²) in [7, 11) is 0. The molecular formula is C15H12O2. The summed E-state index contributed by atoms with van der Waals surface area (Å²) in [5.74, 6) is 0.0110. The molecule has 84 valence electrons. The van der Waals surface area contributed by atoms with Crippen molar-refractivity contribution in [1.29, 1.82) is 0 Å². The van der Waals surface area contributed by atoms with Gasteiger partial charge in [-0.1, -0.05) is 48.6 Å². The number of carbonyl (C=O) groups is 1. The van der Waals surface area contributed by atoms with Gasteiger partial charge in [-0.05, 0) is 23.3 Å². The van der Waals surface area contributed by atoms with E-state index in [1.165, 1.54) is 6.07 Å². The second-order valence-electron chi connectivity index (χ2n) is 3.68. The van der Waals surface area contributed by atoms with Gasteiger partial charge in [0, 0.05) is 0 Å². The van der Waals surface area contributed by atoms with Gasteiger partial charge < -0.3 is 5.11 Å². The van der Waals surface area contributed by atoms with Crippen LogP contribution in [0.25, 0.3) is 12.2 Å². The quantitative estimate of drug-likeness (QED) is 0.641. The Balaban J connectivity index is 2.25. The van der Waals surface area contributed by atoms with E-state index in [0.717, 1.165) is 11.1 Å². The van der Waals surface area contributed by atoms with Crippen LogP contribution in [0.4, 0.5) is 0 Å². The van der Waals surface area contributed by atoms with Crippen LogP contribution in [-0.4, -0.2) is 11.4 Å². The van der Waals surface area contributed by atoms with Crippen molar-refractivity contribution in [3.05, 3.63) is 65.2 Å². The number of hydrogen-bond acceptors (Lipinski definition) is 2. The van der Waals surface area contributed by atoms with Crippen molar-refractivity contribution in [3.63, 3.8) is 0 Å². The Kier molecular flexibility index (Phi) is 3.36. The van der Waals surface area contributed by atoms with Crippen molar-refractivity contribution >= 4 is 18.4 Å². The molecule has 0 aromatic heterocycles. The average molecular weight is 224 g/mol. The molecule has 0 saturated heterocycles. The van der Waals surface area contributed by atoms with E-state index in [4.69, 9.17) is 0 Å². The van der Waals surface area contributed by atoms with Crippen LogP contribution in [0, 0.1) is 0 Å². The predicted molar refractivity (Wildman–Crippen MR) is 68.9 cm³/mol. The van der Waals surface area contributed by atoms with Gasteiger partial charge in [-0.2, -0.15) is 0 Å². The van der Waals surface area contributed by atoms with E-state index < -0.39 is 0 Å². The molecule has 0 heterocycles. The summed E-state index contributed by atoms with van der Waals surface area (Å²) in [6.07, 6.45) is 4.51. The van der Waals surface area contributed by atoms with Gasteiger partial charge in [0.2, 0.25) is 0 Å². The van der Waals surface area contributed by atoms with Crippen LogP contribution in [0.2, 0.25) is 0 Å². The van der Waals surface area contributed by atoms with Crippen molar-refractivity contribution in [2.75, 3.05) is 0 Å². The molecule has 2 heteroatoms. The third-order valence-corrected chi connectivity index (χ3v) is 2.45. The first-order chi connectivity index (χ1) is 8.29. The summed E-state index contributed by atoms with van der Waals surface area (Å²) in [5.41, 5.74) is 2.28. The molecule has 0 bridgehead atoms. The largest absolute Gasteiger partial charge is 0.507 e. The van der Waals surface area contributed by atoms with Crippen LogP contribution in [0.5, 0.6) is 5.75 Å². The van der Waals surface area contributed by atoms with Crippen LogP contribution in [0.3, 0.4) is 0 Å². The number of benzene rings is 2. The summed E-state index contributed by atoms with van der Waals surface area (Å²) in [6.45, 7) is 0. The Morgan fingerprint density at radius 3 is 2.29 bits per heavy atom. The van der Waals surface area contributed by atoms with E-state index in [2.05, 4.69) is 0 Å². The van der Waals surface area contributed by atoms with Crippen molar-refractivity contribution in [1.82, 2.24) is 0 Å². The molecule has 0 fully saturated rings. The van der Waals surface area contributed by atoms with Gasteiger partial charge in [0.15, 0.2) is 6.29 Å². The van der Waals surface area contributed by atoms with Crippen LogP contribution in [0.1, 0.15) is 21.5 Å². The van der Waals surface area contributed by atoms with Crippen molar-refractivity contribution in [3.8, 4) is 5.75 Å². The molecule has 2 aromatic carbocycles. The molecule has 17 heavy (non-hydrogen) atoms. The summed E-state index contributed by atoms with van der Waals surface area (Å²) < 4.78 is 0. The summed E-state index contributed by atoms with van der Waals surface area (Å²) in [6, 6.07) is 14.8. The van der Waals surface area contributed by atoms with Crippen molar-refractivity contribution < 1.29 is 9.90 Å². The van der Waals surface area contributed by atoms with E-state index in [1.807, 2.05) is 42.5 Å². The van der Waals surface area contributed by atoms with Crippen molar-refractivity contribution in [2.24, 2.45) is 0 Å². The molecule has 0 radical (unpaired) electrons. The molecule has 0 aliphatic rings. The number of carbonyl (C=O) groups excluding carboxylic acids is 1. The summed E-state index contributed by atoms with van der Waals surface area (Å²) in [5, 5.41) is 9.36. The topological polar surface area (TPSA) is 37.3 Å². The van der Waals surface area contributed by atoms with E-state index in [0.29, 0.717) is 11.8 Å². The molecule has 0 amide bonds. The zero-order valence-corrected chi connectivity index (χ0v) is 9.21. The highest BCUT2D eigenvalue weighted by molar-refractivity contribution is 5.81. The summed E-state index contributed by atoms with van der Waals surface area (Å²) >= 11 is 0. The predicted octanol–water partition coefficient (Wildman–Crippen LogP) is 3.38. The maximum absolute atomic E-state index is 10.7. The molecule has 0 aliphatic carbocycles. The minimum Gasteiger partial charge on any atom is -0.507 e. The number of aldehydes is 1. The highest BCUT2D eigenvalue weighted by Crippen LogP contribution is 2.18. The van der Waals surface area contributed by atoms with Crippen LogP contribution >= 0.6 is 0 Å². The molecule has 2 aromatic rings. The Morgan fingerprint density at radius 2 is 1.59 bits per heavy atom. The van der Waals surface area contributed by atoms with Gasteiger partial charge in [0.1, 0.15) is 5.75 Å². The molecular weight excluding hydrogens is 212 g/mol. The fourth-order valence-corrected chi connectivity index (χ4v) is 1.53. The SMILES string of the molecule is O=Cc1cc(/C=C/c2ccccc2)ccc1O. The van der Waals surface area contributed by atoms with Gasteiger partial charge in [0.25, 0.3) is 0 Å². The molecule has 2 nitrogen and oxygen atoms in total. The third-order valence-electron chi connectivity index (χ3n) is 2.45. The van der Waals surface area contributed by atoms with Crippen molar-refractivity contribution in [2.45, 2.75) is 0 Å². The maximum atomic E-state index is 10.7. The Morgan fingerprint density at radius 1 is 0.882 bits per heavy atom. The fraction of sp³-hybridized carbons (Fsp3) is 0. The van der Waals surface area contributed by atoms with E-state index in [9.17, 15) is 9.90 Å². The fourth-order valence-electron chi connectivity index (χ4n) is 1.53. The summed E-state index contributed by atoms with van der Waals surface area (Å²) in [4.78, 5) is 10.7. The normalized spacial score (nSPS) is 10.6.